The smallest absolute Gasteiger partial charge is 0.235 e. The van der Waals surface area contributed by atoms with Crippen LogP contribution in [0.2, 0.25) is 0 Å². The average molecular weight is 322 g/mol. The molecular formula is C15H18N2O2S2. The minimum Gasteiger partial charge on any atom is -0.399 e. The molecule has 0 atom stereocenters. The van der Waals surface area contributed by atoms with E-state index in [0.29, 0.717) is 17.1 Å². The van der Waals surface area contributed by atoms with Gasteiger partial charge in [-0.3, -0.25) is 4.31 Å². The van der Waals surface area contributed by atoms with Crippen LogP contribution in [0.4, 0.5) is 11.4 Å². The first kappa shape index (κ1) is 15.7. The molecule has 4 nitrogen and oxygen atoms in total. The molecule has 0 heterocycles. The van der Waals surface area contributed by atoms with Crippen molar-refractivity contribution in [2.24, 2.45) is 0 Å². The molecule has 6 heteroatoms. The molecule has 112 valence electrons. The first-order valence-electron chi connectivity index (χ1n) is 6.49. The molecule has 0 amide bonds. The van der Waals surface area contributed by atoms with Gasteiger partial charge < -0.3 is 5.73 Å². The third-order valence-corrected chi connectivity index (χ3v) is 6.06. The predicted molar refractivity (Wildman–Crippen MR) is 90.2 cm³/mol. The number of benzene rings is 2. The maximum atomic E-state index is 12.3. The van der Waals surface area contributed by atoms with Crippen molar-refractivity contribution in [2.75, 3.05) is 28.6 Å². The molecule has 2 rings (SSSR count). The third kappa shape index (κ3) is 4.41. The van der Waals surface area contributed by atoms with Crippen molar-refractivity contribution in [1.82, 2.24) is 0 Å². The lowest BCUT2D eigenvalue weighted by Crippen LogP contribution is -2.29. The SMILES string of the molecule is CN(c1ccccc1)S(=O)(=O)CCSc1ccc(N)cc1. The molecule has 0 bridgehead atoms. The minimum absolute atomic E-state index is 0.0907. The zero-order valence-electron chi connectivity index (χ0n) is 11.8. The molecule has 2 aromatic rings. The predicted octanol–water partition coefficient (Wildman–Crippen LogP) is 2.83. The highest BCUT2D eigenvalue weighted by atomic mass is 32.2. The molecule has 0 unspecified atom stereocenters. The average Bonchev–Trinajstić information content (AvgIpc) is 2.49. The molecule has 2 N–H and O–H groups in total. The number of para-hydroxylation sites is 1. The van der Waals surface area contributed by atoms with Gasteiger partial charge in [-0.2, -0.15) is 0 Å². The van der Waals surface area contributed by atoms with Crippen LogP contribution in [0.3, 0.4) is 0 Å². The van der Waals surface area contributed by atoms with Crippen molar-refractivity contribution in [3.05, 3.63) is 54.6 Å². The normalized spacial score (nSPS) is 11.3. The van der Waals surface area contributed by atoms with E-state index in [1.165, 1.54) is 16.1 Å². The Kier molecular flexibility index (Phi) is 5.14. The number of nitrogens with two attached hydrogens (primary N) is 1. The van der Waals surface area contributed by atoms with Crippen LogP contribution < -0.4 is 10.0 Å². The van der Waals surface area contributed by atoms with E-state index < -0.39 is 10.0 Å². The Balaban J connectivity index is 1.94. The zero-order chi connectivity index (χ0) is 15.3. The molecule has 0 radical (unpaired) electrons. The van der Waals surface area contributed by atoms with E-state index in [1.54, 1.807) is 19.2 Å². The van der Waals surface area contributed by atoms with Crippen molar-refractivity contribution in [3.63, 3.8) is 0 Å². The van der Waals surface area contributed by atoms with Crippen molar-refractivity contribution < 1.29 is 8.42 Å². The Morgan fingerprint density at radius 2 is 1.67 bits per heavy atom. The van der Waals surface area contributed by atoms with Gasteiger partial charge in [-0.15, -0.1) is 11.8 Å². The first-order valence-corrected chi connectivity index (χ1v) is 9.08. The molecule has 0 saturated carbocycles. The van der Waals surface area contributed by atoms with Gasteiger partial charge in [-0.05, 0) is 36.4 Å². The zero-order valence-corrected chi connectivity index (χ0v) is 13.4. The summed E-state index contributed by atoms with van der Waals surface area (Å²) in [4.78, 5) is 1.02. The Bertz CT molecular complexity index is 671. The molecule has 0 fully saturated rings. The van der Waals surface area contributed by atoms with Crippen molar-refractivity contribution in [2.45, 2.75) is 4.90 Å². The summed E-state index contributed by atoms with van der Waals surface area (Å²) in [5, 5.41) is 0. The van der Waals surface area contributed by atoms with Crippen molar-refractivity contribution in [3.8, 4) is 0 Å². The largest absolute Gasteiger partial charge is 0.399 e. The molecule has 21 heavy (non-hydrogen) atoms. The summed E-state index contributed by atoms with van der Waals surface area (Å²) in [5.41, 5.74) is 7.00. The first-order chi connectivity index (χ1) is 9.99. The fourth-order valence-corrected chi connectivity index (χ4v) is 4.22. The molecule has 0 saturated heterocycles. The van der Waals surface area contributed by atoms with Crippen LogP contribution in [0.15, 0.2) is 59.5 Å². The van der Waals surface area contributed by atoms with Gasteiger partial charge in [0.2, 0.25) is 10.0 Å². The van der Waals surface area contributed by atoms with E-state index >= 15 is 0 Å². The number of nitrogens with zero attached hydrogens (tertiary/aromatic N) is 1. The van der Waals surface area contributed by atoms with E-state index in [-0.39, 0.29) is 5.75 Å². The van der Waals surface area contributed by atoms with Gasteiger partial charge in [0.25, 0.3) is 0 Å². The maximum Gasteiger partial charge on any atom is 0.235 e. The van der Waals surface area contributed by atoms with Crippen molar-refractivity contribution >= 4 is 33.2 Å². The number of hydrogen-bond donors (Lipinski definition) is 1. The molecule has 0 spiro atoms. The van der Waals surface area contributed by atoms with Crippen LogP contribution >= 0.6 is 11.8 Å². The van der Waals surface area contributed by atoms with Gasteiger partial charge in [-0.25, -0.2) is 8.42 Å². The highest BCUT2D eigenvalue weighted by molar-refractivity contribution is 8.01. The molecule has 2 aromatic carbocycles. The number of nitrogen functional groups attached to an aromatic ring is 1. The van der Waals surface area contributed by atoms with Gasteiger partial charge >= 0.3 is 0 Å². The van der Waals surface area contributed by atoms with Crippen LogP contribution in [0.25, 0.3) is 0 Å². The molecule has 0 aliphatic heterocycles. The van der Waals surface area contributed by atoms with Crippen LogP contribution in [0.5, 0.6) is 0 Å². The lowest BCUT2D eigenvalue weighted by Gasteiger charge is -2.19. The molecular weight excluding hydrogens is 304 g/mol. The quantitative estimate of drug-likeness (QED) is 0.656. The van der Waals surface area contributed by atoms with Gasteiger partial charge in [0.15, 0.2) is 0 Å². The van der Waals surface area contributed by atoms with Crippen LogP contribution in [0.1, 0.15) is 0 Å². The monoisotopic (exact) mass is 322 g/mol. The van der Waals surface area contributed by atoms with Gasteiger partial charge in [0, 0.05) is 23.4 Å². The van der Waals surface area contributed by atoms with E-state index in [2.05, 4.69) is 0 Å². The fraction of sp³-hybridized carbons (Fsp3) is 0.200. The van der Waals surface area contributed by atoms with E-state index in [0.717, 1.165) is 4.90 Å². The molecule has 0 aromatic heterocycles. The number of anilines is 2. The van der Waals surface area contributed by atoms with Gasteiger partial charge in [0.1, 0.15) is 0 Å². The second kappa shape index (κ2) is 6.87. The summed E-state index contributed by atoms with van der Waals surface area (Å²) in [6, 6.07) is 16.5. The Hall–Kier alpha value is -1.66. The van der Waals surface area contributed by atoms with Gasteiger partial charge in [0.05, 0.1) is 11.4 Å². The van der Waals surface area contributed by atoms with E-state index in [4.69, 9.17) is 5.73 Å². The highest BCUT2D eigenvalue weighted by Gasteiger charge is 2.17. The van der Waals surface area contributed by atoms with E-state index in [1.807, 2.05) is 42.5 Å². The summed E-state index contributed by atoms with van der Waals surface area (Å²) in [6.07, 6.45) is 0. The fourth-order valence-electron chi connectivity index (χ4n) is 1.76. The van der Waals surface area contributed by atoms with Crippen LogP contribution in [-0.4, -0.2) is 27.0 Å². The molecule has 0 aliphatic rings. The highest BCUT2D eigenvalue weighted by Crippen LogP contribution is 2.21. The van der Waals surface area contributed by atoms with Crippen LogP contribution in [0, 0.1) is 0 Å². The summed E-state index contributed by atoms with van der Waals surface area (Å²) in [5.74, 6) is 0.594. The van der Waals surface area contributed by atoms with Crippen molar-refractivity contribution in [1.29, 1.82) is 0 Å². The minimum atomic E-state index is -3.30. The number of sulfonamides is 1. The van der Waals surface area contributed by atoms with Crippen LogP contribution in [-0.2, 0) is 10.0 Å². The number of hydrogen-bond acceptors (Lipinski definition) is 4. The standard InChI is InChI=1S/C15H18N2O2S2/c1-17(14-5-3-2-4-6-14)21(18,19)12-11-20-15-9-7-13(16)8-10-15/h2-10H,11-12,16H2,1H3. The summed E-state index contributed by atoms with van der Waals surface area (Å²) >= 11 is 1.51. The Morgan fingerprint density at radius 3 is 2.29 bits per heavy atom. The number of thioether (sulfide) groups is 1. The lowest BCUT2D eigenvalue weighted by molar-refractivity contribution is 0.596. The summed E-state index contributed by atoms with van der Waals surface area (Å²) in [6.45, 7) is 0. The Morgan fingerprint density at radius 1 is 1.05 bits per heavy atom. The second-order valence-electron chi connectivity index (χ2n) is 4.54. The summed E-state index contributed by atoms with van der Waals surface area (Å²) in [7, 11) is -1.72. The molecule has 0 aliphatic carbocycles. The third-order valence-electron chi connectivity index (χ3n) is 3.03. The second-order valence-corrected chi connectivity index (χ2v) is 7.82. The van der Waals surface area contributed by atoms with E-state index in [9.17, 15) is 8.42 Å². The topological polar surface area (TPSA) is 63.4 Å². The number of rotatable bonds is 6. The lowest BCUT2D eigenvalue weighted by atomic mass is 10.3. The Labute approximate surface area is 130 Å². The summed E-state index contributed by atoms with van der Waals surface area (Å²) < 4.78 is 25.9. The van der Waals surface area contributed by atoms with Gasteiger partial charge in [-0.1, -0.05) is 18.2 Å². The maximum absolute atomic E-state index is 12.3.